The third-order valence-electron chi connectivity index (χ3n) is 6.16. The van der Waals surface area contributed by atoms with Gasteiger partial charge in [0.2, 0.25) is 23.6 Å². The summed E-state index contributed by atoms with van der Waals surface area (Å²) in [5, 5.41) is 39.3. The van der Waals surface area contributed by atoms with E-state index < -0.39 is 65.7 Å². The molecule has 3 atom stereocenters. The van der Waals surface area contributed by atoms with Crippen LogP contribution in [0.4, 0.5) is 5.69 Å². The van der Waals surface area contributed by atoms with Crippen LogP contribution in [0.2, 0.25) is 0 Å². The van der Waals surface area contributed by atoms with E-state index in [2.05, 4.69) is 21.3 Å². The van der Waals surface area contributed by atoms with Crippen LogP contribution in [-0.4, -0.2) is 75.9 Å². The average Bonchev–Trinajstić information content (AvgIpc) is 2.95. The highest BCUT2D eigenvalue weighted by Gasteiger charge is 2.27. The second-order valence-corrected chi connectivity index (χ2v) is 10.2. The topological polar surface area (TPSA) is 243 Å². The molecular formula is C28H36N6O9. The van der Waals surface area contributed by atoms with E-state index in [1.54, 1.807) is 26.0 Å². The van der Waals surface area contributed by atoms with Crippen LogP contribution in [0.3, 0.4) is 0 Å². The standard InChI is InChI=1S/C28H36N6O9/c1-16(2)11-23(28(40)41)33-27(39)22(13-18-3-7-19(8-4-18)34(42)43)32-25(37)15-30-24(36)14-31-26(38)21(29)12-17-5-9-20(35)10-6-17/h3-10,16,21-23,35H,11-15,29H2,1-2H3,(H,30,36)(H,31,38)(H,32,37)(H,33,39)(H,40,41)/t21-,22-,23-/m0/s1. The van der Waals surface area contributed by atoms with E-state index in [0.717, 1.165) is 0 Å². The number of aromatic hydroxyl groups is 1. The summed E-state index contributed by atoms with van der Waals surface area (Å²) >= 11 is 0. The quantitative estimate of drug-likeness (QED) is 0.0983. The average molecular weight is 601 g/mol. The summed E-state index contributed by atoms with van der Waals surface area (Å²) in [5.74, 6) is -4.12. The van der Waals surface area contributed by atoms with Gasteiger partial charge in [0, 0.05) is 18.6 Å². The number of non-ortho nitro benzene ring substituents is 1. The number of nitrogens with two attached hydrogens (primary N) is 1. The van der Waals surface area contributed by atoms with E-state index in [1.807, 2.05) is 0 Å². The molecule has 0 aliphatic rings. The van der Waals surface area contributed by atoms with E-state index in [9.17, 15) is 44.3 Å². The third-order valence-corrected chi connectivity index (χ3v) is 6.16. The van der Waals surface area contributed by atoms with Gasteiger partial charge in [-0.15, -0.1) is 0 Å². The number of carbonyl (C=O) groups excluding carboxylic acids is 4. The molecule has 0 unspecified atom stereocenters. The molecule has 4 amide bonds. The minimum absolute atomic E-state index is 0.0535. The Labute approximate surface area is 247 Å². The molecule has 0 fully saturated rings. The number of nitro benzene ring substituents is 1. The zero-order chi connectivity index (χ0) is 32.1. The monoisotopic (exact) mass is 600 g/mol. The van der Waals surface area contributed by atoms with Gasteiger partial charge in [0.1, 0.15) is 17.8 Å². The highest BCUT2D eigenvalue weighted by Crippen LogP contribution is 2.14. The van der Waals surface area contributed by atoms with Gasteiger partial charge in [0.05, 0.1) is 24.1 Å². The molecular weight excluding hydrogens is 564 g/mol. The van der Waals surface area contributed by atoms with Crippen molar-refractivity contribution in [3.63, 3.8) is 0 Å². The summed E-state index contributed by atoms with van der Waals surface area (Å²) in [6.07, 6.45) is 0.181. The molecule has 0 saturated carbocycles. The first kappa shape index (κ1) is 34.2. The number of aliphatic carboxylic acids is 1. The molecule has 43 heavy (non-hydrogen) atoms. The summed E-state index contributed by atoms with van der Waals surface area (Å²) in [4.78, 5) is 72.1. The molecule has 2 aromatic rings. The van der Waals surface area contributed by atoms with Crippen molar-refractivity contribution in [3.05, 3.63) is 69.8 Å². The van der Waals surface area contributed by atoms with Crippen LogP contribution in [0.15, 0.2) is 48.5 Å². The molecule has 8 N–H and O–H groups in total. The van der Waals surface area contributed by atoms with Crippen molar-refractivity contribution in [3.8, 4) is 5.75 Å². The highest BCUT2D eigenvalue weighted by atomic mass is 16.6. The molecule has 0 heterocycles. The summed E-state index contributed by atoms with van der Waals surface area (Å²) < 4.78 is 0. The first-order valence-electron chi connectivity index (χ1n) is 13.4. The minimum Gasteiger partial charge on any atom is -0.508 e. The third kappa shape index (κ3) is 12.1. The number of carboxylic acid groups (broad SMARTS) is 1. The summed E-state index contributed by atoms with van der Waals surface area (Å²) in [5.41, 5.74) is 6.85. The molecule has 2 aromatic carbocycles. The Balaban J connectivity index is 1.96. The Morgan fingerprint density at radius 2 is 1.37 bits per heavy atom. The molecule has 0 aliphatic carbocycles. The molecule has 15 nitrogen and oxygen atoms in total. The Morgan fingerprint density at radius 1 is 0.814 bits per heavy atom. The molecule has 0 saturated heterocycles. The fraction of sp³-hybridized carbons (Fsp3) is 0.393. The van der Waals surface area contributed by atoms with Crippen molar-refractivity contribution in [2.24, 2.45) is 11.7 Å². The fourth-order valence-corrected chi connectivity index (χ4v) is 3.93. The van der Waals surface area contributed by atoms with Gasteiger partial charge in [-0.1, -0.05) is 38.1 Å². The summed E-state index contributed by atoms with van der Waals surface area (Å²) in [6.45, 7) is 2.53. The maximum Gasteiger partial charge on any atom is 0.326 e. The van der Waals surface area contributed by atoms with Crippen LogP contribution in [0.5, 0.6) is 5.75 Å². The normalized spacial score (nSPS) is 12.8. The number of hydrogen-bond acceptors (Lipinski definition) is 9. The Kier molecular flexibility index (Phi) is 13.0. The van der Waals surface area contributed by atoms with Crippen LogP contribution in [0.25, 0.3) is 0 Å². The molecule has 0 radical (unpaired) electrons. The van der Waals surface area contributed by atoms with Gasteiger partial charge < -0.3 is 37.2 Å². The second-order valence-electron chi connectivity index (χ2n) is 10.2. The first-order valence-corrected chi connectivity index (χ1v) is 13.4. The maximum absolute atomic E-state index is 13.0. The molecule has 0 spiro atoms. The van der Waals surface area contributed by atoms with E-state index in [1.165, 1.54) is 36.4 Å². The highest BCUT2D eigenvalue weighted by molar-refractivity contribution is 5.93. The maximum atomic E-state index is 13.0. The number of amides is 4. The summed E-state index contributed by atoms with van der Waals surface area (Å²) in [6, 6.07) is 7.95. The van der Waals surface area contributed by atoms with Crippen molar-refractivity contribution < 1.29 is 39.1 Å². The van der Waals surface area contributed by atoms with E-state index >= 15 is 0 Å². The lowest BCUT2D eigenvalue weighted by atomic mass is 10.0. The van der Waals surface area contributed by atoms with Gasteiger partial charge in [0.25, 0.3) is 5.69 Å². The number of nitrogens with one attached hydrogen (secondary N) is 4. The number of phenolic OH excluding ortho intramolecular Hbond substituents is 1. The molecule has 0 bridgehead atoms. The van der Waals surface area contributed by atoms with Crippen LogP contribution in [0, 0.1) is 16.0 Å². The zero-order valence-electron chi connectivity index (χ0n) is 23.7. The van der Waals surface area contributed by atoms with E-state index in [-0.39, 0.29) is 36.6 Å². The number of carboxylic acids is 1. The number of rotatable bonds is 16. The van der Waals surface area contributed by atoms with Gasteiger partial charge in [-0.05, 0) is 42.0 Å². The fourth-order valence-electron chi connectivity index (χ4n) is 3.93. The first-order chi connectivity index (χ1) is 20.2. The predicted molar refractivity (Wildman–Crippen MR) is 154 cm³/mol. The van der Waals surface area contributed by atoms with Crippen LogP contribution < -0.4 is 27.0 Å². The lowest BCUT2D eigenvalue weighted by Crippen LogP contribution is -2.54. The number of nitrogens with zero attached hydrogens (tertiary/aromatic N) is 1. The predicted octanol–water partition coefficient (Wildman–Crippen LogP) is -0.254. The zero-order valence-corrected chi connectivity index (χ0v) is 23.7. The number of benzene rings is 2. The lowest BCUT2D eigenvalue weighted by Gasteiger charge is -2.22. The number of phenols is 1. The Hall–Kier alpha value is -5.05. The lowest BCUT2D eigenvalue weighted by molar-refractivity contribution is -0.384. The number of hydrogen-bond donors (Lipinski definition) is 7. The van der Waals surface area contributed by atoms with Crippen LogP contribution in [-0.2, 0) is 36.8 Å². The molecule has 0 aliphatic heterocycles. The number of nitro groups is 1. The van der Waals surface area contributed by atoms with Crippen molar-refractivity contribution >= 4 is 35.3 Å². The van der Waals surface area contributed by atoms with Gasteiger partial charge in [-0.3, -0.25) is 29.3 Å². The summed E-state index contributed by atoms with van der Waals surface area (Å²) in [7, 11) is 0. The second kappa shape index (κ2) is 16.4. The van der Waals surface area contributed by atoms with Crippen LogP contribution >= 0.6 is 0 Å². The number of carbonyl (C=O) groups is 5. The van der Waals surface area contributed by atoms with E-state index in [0.29, 0.717) is 11.1 Å². The van der Waals surface area contributed by atoms with Gasteiger partial charge in [-0.25, -0.2) is 4.79 Å². The minimum atomic E-state index is -1.27. The Bertz CT molecular complexity index is 1300. The molecule has 15 heteroatoms. The van der Waals surface area contributed by atoms with Gasteiger partial charge in [-0.2, -0.15) is 0 Å². The van der Waals surface area contributed by atoms with Crippen molar-refractivity contribution in [2.75, 3.05) is 13.1 Å². The Morgan fingerprint density at radius 3 is 1.93 bits per heavy atom. The SMILES string of the molecule is CC(C)C[C@H](NC(=O)[C@H](Cc1ccc([N+](=O)[O-])cc1)NC(=O)CNC(=O)CNC(=O)[C@@H](N)Cc1ccc(O)cc1)C(=O)O. The van der Waals surface area contributed by atoms with Gasteiger partial charge >= 0.3 is 5.97 Å². The van der Waals surface area contributed by atoms with Gasteiger partial charge in [0.15, 0.2) is 0 Å². The van der Waals surface area contributed by atoms with Crippen molar-refractivity contribution in [2.45, 2.75) is 51.2 Å². The largest absolute Gasteiger partial charge is 0.508 e. The van der Waals surface area contributed by atoms with Crippen molar-refractivity contribution in [1.82, 2.24) is 21.3 Å². The smallest absolute Gasteiger partial charge is 0.326 e. The molecule has 2 rings (SSSR count). The molecule has 232 valence electrons. The van der Waals surface area contributed by atoms with Crippen LogP contribution in [0.1, 0.15) is 31.4 Å². The van der Waals surface area contributed by atoms with Crippen molar-refractivity contribution in [1.29, 1.82) is 0 Å². The molecule has 0 aromatic heterocycles. The van der Waals surface area contributed by atoms with E-state index in [4.69, 9.17) is 5.73 Å².